The molecular formula is C16H15FO. The number of hydrogen-bond acceptors (Lipinski definition) is 1. The van der Waals surface area contributed by atoms with E-state index in [4.69, 9.17) is 0 Å². The molecule has 1 nitrogen and oxygen atoms in total. The summed E-state index contributed by atoms with van der Waals surface area (Å²) in [6.07, 6.45) is 0.310. The first kappa shape index (κ1) is 12.5. The van der Waals surface area contributed by atoms with Crippen LogP contribution in [-0.4, -0.2) is 5.78 Å². The summed E-state index contributed by atoms with van der Waals surface area (Å²) in [5, 5.41) is 0. The molecule has 0 aromatic heterocycles. The predicted octanol–water partition coefficient (Wildman–Crippen LogP) is 3.87. The zero-order chi connectivity index (χ0) is 13.1. The fourth-order valence-corrected chi connectivity index (χ4v) is 1.86. The second kappa shape index (κ2) is 5.13. The summed E-state index contributed by atoms with van der Waals surface area (Å²) in [4.78, 5) is 12.0. The van der Waals surface area contributed by atoms with Gasteiger partial charge in [-0.1, -0.05) is 30.3 Å². The summed E-state index contributed by atoms with van der Waals surface area (Å²) in [5.74, 6) is -0.432. The van der Waals surface area contributed by atoms with Gasteiger partial charge in [0.15, 0.2) is 5.78 Å². The number of ketones is 1. The van der Waals surface area contributed by atoms with Crippen molar-refractivity contribution < 1.29 is 9.18 Å². The molecule has 2 aromatic rings. The highest BCUT2D eigenvalue weighted by Gasteiger charge is 2.08. The van der Waals surface area contributed by atoms with Gasteiger partial charge in [-0.15, -0.1) is 0 Å². The van der Waals surface area contributed by atoms with E-state index < -0.39 is 0 Å². The number of rotatable bonds is 3. The molecule has 0 radical (unpaired) electrons. The minimum absolute atomic E-state index is 0.0576. The fourth-order valence-electron chi connectivity index (χ4n) is 1.86. The molecule has 0 unspecified atom stereocenters. The Morgan fingerprint density at radius 2 is 1.83 bits per heavy atom. The molecule has 0 saturated carbocycles. The zero-order valence-corrected chi connectivity index (χ0v) is 10.5. The van der Waals surface area contributed by atoms with Gasteiger partial charge in [0.25, 0.3) is 0 Å². The van der Waals surface area contributed by atoms with E-state index in [2.05, 4.69) is 0 Å². The molecule has 0 aliphatic heterocycles. The summed E-state index contributed by atoms with van der Waals surface area (Å²) in [6.45, 7) is 4.05. The molecule has 2 aromatic carbocycles. The van der Waals surface area contributed by atoms with Crippen LogP contribution in [0.15, 0.2) is 42.5 Å². The van der Waals surface area contributed by atoms with Crippen molar-refractivity contribution in [2.45, 2.75) is 20.3 Å². The van der Waals surface area contributed by atoms with Gasteiger partial charge in [-0.2, -0.15) is 0 Å². The lowest BCUT2D eigenvalue weighted by molar-refractivity contribution is 0.0992. The van der Waals surface area contributed by atoms with E-state index in [1.807, 2.05) is 32.0 Å². The van der Waals surface area contributed by atoms with Crippen molar-refractivity contribution in [1.29, 1.82) is 0 Å². The lowest BCUT2D eigenvalue weighted by atomic mass is 9.99. The third-order valence-corrected chi connectivity index (χ3v) is 3.08. The Morgan fingerprint density at radius 3 is 2.50 bits per heavy atom. The van der Waals surface area contributed by atoms with Crippen molar-refractivity contribution in [3.63, 3.8) is 0 Å². The van der Waals surface area contributed by atoms with Gasteiger partial charge in [-0.3, -0.25) is 4.79 Å². The number of carbonyl (C=O) groups is 1. The Kier molecular flexibility index (Phi) is 3.56. The lowest BCUT2D eigenvalue weighted by Gasteiger charge is -2.05. The van der Waals surface area contributed by atoms with Crippen molar-refractivity contribution in [3.8, 4) is 0 Å². The molecular weight excluding hydrogens is 227 g/mol. The second-order valence-electron chi connectivity index (χ2n) is 4.53. The highest BCUT2D eigenvalue weighted by Crippen LogP contribution is 2.13. The molecule has 0 bridgehead atoms. The Hall–Kier alpha value is -1.96. The smallest absolute Gasteiger partial charge is 0.167 e. The molecule has 2 heteroatoms. The minimum Gasteiger partial charge on any atom is -0.294 e. The quantitative estimate of drug-likeness (QED) is 0.747. The van der Waals surface area contributed by atoms with Crippen LogP contribution in [0.4, 0.5) is 4.39 Å². The number of aryl methyl sites for hydroxylation is 2. The van der Waals surface area contributed by atoms with E-state index in [0.29, 0.717) is 12.0 Å². The lowest BCUT2D eigenvalue weighted by Crippen LogP contribution is -2.04. The van der Waals surface area contributed by atoms with Gasteiger partial charge >= 0.3 is 0 Å². The Labute approximate surface area is 106 Å². The number of hydrogen-bond donors (Lipinski definition) is 0. The van der Waals surface area contributed by atoms with Crippen LogP contribution in [0.25, 0.3) is 0 Å². The molecule has 0 saturated heterocycles. The van der Waals surface area contributed by atoms with Crippen LogP contribution in [0, 0.1) is 19.7 Å². The molecule has 92 valence electrons. The Balaban J connectivity index is 2.18. The van der Waals surface area contributed by atoms with Crippen molar-refractivity contribution in [1.82, 2.24) is 0 Å². The zero-order valence-electron chi connectivity index (χ0n) is 10.5. The molecule has 0 spiro atoms. The van der Waals surface area contributed by atoms with Gasteiger partial charge in [-0.25, -0.2) is 4.39 Å². The van der Waals surface area contributed by atoms with Crippen LogP contribution in [0.1, 0.15) is 27.0 Å². The highest BCUT2D eigenvalue weighted by atomic mass is 19.1. The molecule has 0 aliphatic rings. The summed E-state index contributed by atoms with van der Waals surface area (Å²) in [5.41, 5.74) is 3.76. The number of halogens is 1. The first-order chi connectivity index (χ1) is 8.56. The molecule has 0 aliphatic carbocycles. The normalized spacial score (nSPS) is 10.4. The van der Waals surface area contributed by atoms with Crippen LogP contribution in [0.5, 0.6) is 0 Å². The van der Waals surface area contributed by atoms with E-state index in [-0.39, 0.29) is 11.6 Å². The van der Waals surface area contributed by atoms with E-state index >= 15 is 0 Å². The number of benzene rings is 2. The van der Waals surface area contributed by atoms with Gasteiger partial charge in [0.05, 0.1) is 0 Å². The van der Waals surface area contributed by atoms with Crippen LogP contribution in [0.3, 0.4) is 0 Å². The topological polar surface area (TPSA) is 17.1 Å². The van der Waals surface area contributed by atoms with E-state index in [1.165, 1.54) is 23.3 Å². The summed E-state index contributed by atoms with van der Waals surface area (Å²) < 4.78 is 13.0. The average molecular weight is 242 g/mol. The first-order valence-electron chi connectivity index (χ1n) is 5.91. The summed E-state index contributed by atoms with van der Waals surface area (Å²) >= 11 is 0. The van der Waals surface area contributed by atoms with Crippen molar-refractivity contribution in [3.05, 3.63) is 70.5 Å². The van der Waals surface area contributed by atoms with Crippen LogP contribution in [0.2, 0.25) is 0 Å². The molecule has 2 rings (SSSR count). The summed E-state index contributed by atoms with van der Waals surface area (Å²) in [6, 6.07) is 11.8. The molecule has 0 heterocycles. The van der Waals surface area contributed by atoms with Crippen LogP contribution in [-0.2, 0) is 6.42 Å². The first-order valence-corrected chi connectivity index (χ1v) is 5.91. The van der Waals surface area contributed by atoms with Crippen LogP contribution < -0.4 is 0 Å². The van der Waals surface area contributed by atoms with Crippen molar-refractivity contribution in [2.24, 2.45) is 0 Å². The van der Waals surface area contributed by atoms with Crippen LogP contribution >= 0.6 is 0 Å². The van der Waals surface area contributed by atoms with Gasteiger partial charge in [0.2, 0.25) is 0 Å². The number of carbonyl (C=O) groups excluding carboxylic acids is 1. The maximum atomic E-state index is 13.0. The molecule has 0 amide bonds. The van der Waals surface area contributed by atoms with Gasteiger partial charge < -0.3 is 0 Å². The monoisotopic (exact) mass is 242 g/mol. The van der Waals surface area contributed by atoms with E-state index in [9.17, 15) is 9.18 Å². The molecule has 0 atom stereocenters. The maximum absolute atomic E-state index is 13.0. The second-order valence-corrected chi connectivity index (χ2v) is 4.53. The largest absolute Gasteiger partial charge is 0.294 e. The van der Waals surface area contributed by atoms with Gasteiger partial charge in [-0.05, 0) is 42.7 Å². The van der Waals surface area contributed by atoms with Crippen molar-refractivity contribution >= 4 is 5.78 Å². The maximum Gasteiger partial charge on any atom is 0.167 e. The number of Topliss-reactive ketones (excluding diaryl/α,β-unsaturated/α-hetero) is 1. The third-order valence-electron chi connectivity index (χ3n) is 3.08. The third kappa shape index (κ3) is 2.83. The molecule has 0 fully saturated rings. The van der Waals surface area contributed by atoms with Gasteiger partial charge in [0, 0.05) is 12.0 Å². The summed E-state index contributed by atoms with van der Waals surface area (Å²) in [7, 11) is 0. The SMILES string of the molecule is Cc1ccc(CC(=O)c2cccc(F)c2)cc1C. The minimum atomic E-state index is -0.374. The predicted molar refractivity (Wildman–Crippen MR) is 70.4 cm³/mol. The van der Waals surface area contributed by atoms with E-state index in [0.717, 1.165) is 5.56 Å². The Morgan fingerprint density at radius 1 is 1.06 bits per heavy atom. The standard InChI is InChI=1S/C16H15FO/c1-11-6-7-13(8-12(11)2)9-16(18)14-4-3-5-15(17)10-14/h3-8,10H,9H2,1-2H3. The average Bonchev–Trinajstić information content (AvgIpc) is 2.34. The Bertz CT molecular complexity index is 587. The highest BCUT2D eigenvalue weighted by molar-refractivity contribution is 5.97. The molecule has 18 heavy (non-hydrogen) atoms. The van der Waals surface area contributed by atoms with E-state index in [1.54, 1.807) is 12.1 Å². The molecule has 0 N–H and O–H groups in total. The van der Waals surface area contributed by atoms with Gasteiger partial charge in [0.1, 0.15) is 5.82 Å². The fraction of sp³-hybridized carbons (Fsp3) is 0.188. The van der Waals surface area contributed by atoms with Crippen molar-refractivity contribution in [2.75, 3.05) is 0 Å².